The number of aryl methyl sites for hydroxylation is 1. The summed E-state index contributed by atoms with van der Waals surface area (Å²) < 4.78 is 5.96. The van der Waals surface area contributed by atoms with Gasteiger partial charge in [-0.05, 0) is 31.0 Å². The lowest BCUT2D eigenvalue weighted by atomic mass is 9.93. The van der Waals surface area contributed by atoms with Crippen LogP contribution in [0.25, 0.3) is 10.9 Å². The highest BCUT2D eigenvalue weighted by molar-refractivity contribution is 5.85. The lowest BCUT2D eigenvalue weighted by molar-refractivity contribution is 0.0447. The van der Waals surface area contributed by atoms with Crippen LogP contribution in [0.5, 0.6) is 5.88 Å². The number of fused-ring (bicyclic) bond motifs is 1. The molecule has 0 spiro atoms. The molecular formula is C21H24ClN3O2. The Balaban J connectivity index is 0.00000210. The largest absolute Gasteiger partial charge is 0.476 e. The van der Waals surface area contributed by atoms with Crippen LogP contribution in [0.1, 0.15) is 17.8 Å². The summed E-state index contributed by atoms with van der Waals surface area (Å²) in [7, 11) is 0. The van der Waals surface area contributed by atoms with Gasteiger partial charge in [0.15, 0.2) is 0 Å². The number of aliphatic hydroxyl groups is 1. The van der Waals surface area contributed by atoms with Crippen molar-refractivity contribution >= 4 is 23.3 Å². The molecule has 3 aromatic rings. The fourth-order valence-electron chi connectivity index (χ4n) is 3.59. The number of nitrogens with zero attached hydrogens (tertiary/aromatic N) is 3. The van der Waals surface area contributed by atoms with Gasteiger partial charge in [-0.3, -0.25) is 4.90 Å². The summed E-state index contributed by atoms with van der Waals surface area (Å²) in [4.78, 5) is 11.1. The quantitative estimate of drug-likeness (QED) is 0.730. The molecule has 27 heavy (non-hydrogen) atoms. The second-order valence-electron chi connectivity index (χ2n) is 6.87. The Morgan fingerprint density at radius 1 is 1.07 bits per heavy atom. The van der Waals surface area contributed by atoms with Gasteiger partial charge in [0, 0.05) is 19.6 Å². The van der Waals surface area contributed by atoms with Gasteiger partial charge >= 0.3 is 0 Å². The maximum atomic E-state index is 10.9. The smallest absolute Gasteiger partial charge is 0.224 e. The van der Waals surface area contributed by atoms with E-state index in [2.05, 4.69) is 14.9 Å². The van der Waals surface area contributed by atoms with Crippen LogP contribution in [0.3, 0.4) is 0 Å². The van der Waals surface area contributed by atoms with Crippen molar-refractivity contribution in [2.45, 2.75) is 18.9 Å². The Morgan fingerprint density at radius 3 is 2.63 bits per heavy atom. The molecule has 2 heterocycles. The summed E-state index contributed by atoms with van der Waals surface area (Å²) in [5.41, 5.74) is 1.12. The minimum Gasteiger partial charge on any atom is -0.476 e. The summed E-state index contributed by atoms with van der Waals surface area (Å²) in [6.07, 6.45) is 0.743. The Labute approximate surface area is 165 Å². The van der Waals surface area contributed by atoms with Gasteiger partial charge in [-0.1, -0.05) is 42.5 Å². The molecule has 1 fully saturated rings. The van der Waals surface area contributed by atoms with Crippen LogP contribution >= 0.6 is 12.4 Å². The van der Waals surface area contributed by atoms with E-state index in [4.69, 9.17) is 4.74 Å². The van der Waals surface area contributed by atoms with E-state index in [1.54, 1.807) is 0 Å². The molecular weight excluding hydrogens is 362 g/mol. The van der Waals surface area contributed by atoms with Crippen LogP contribution in [-0.4, -0.2) is 46.2 Å². The van der Waals surface area contributed by atoms with Gasteiger partial charge in [0.1, 0.15) is 18.0 Å². The van der Waals surface area contributed by atoms with Crippen molar-refractivity contribution in [3.63, 3.8) is 0 Å². The average Bonchev–Trinajstić information content (AvgIpc) is 3.05. The topological polar surface area (TPSA) is 58.5 Å². The first-order chi connectivity index (χ1) is 12.6. The molecule has 1 aliphatic heterocycles. The summed E-state index contributed by atoms with van der Waals surface area (Å²) >= 11 is 0. The number of benzene rings is 2. The van der Waals surface area contributed by atoms with Crippen LogP contribution in [-0.2, 0) is 5.60 Å². The first-order valence-corrected chi connectivity index (χ1v) is 9.00. The fraction of sp³-hybridized carbons (Fsp3) is 0.333. The molecule has 2 aromatic carbocycles. The third kappa shape index (κ3) is 4.21. The maximum Gasteiger partial charge on any atom is 0.224 e. The molecule has 1 N–H and O–H groups in total. The summed E-state index contributed by atoms with van der Waals surface area (Å²) in [6, 6.07) is 17.8. The summed E-state index contributed by atoms with van der Waals surface area (Å²) in [6.45, 7) is 4.65. The Hall–Kier alpha value is -2.21. The van der Waals surface area contributed by atoms with Crippen LogP contribution in [0.2, 0.25) is 0 Å². The van der Waals surface area contributed by atoms with Gasteiger partial charge in [-0.15, -0.1) is 12.4 Å². The van der Waals surface area contributed by atoms with Crippen molar-refractivity contribution in [3.8, 4) is 5.88 Å². The molecule has 142 valence electrons. The minimum atomic E-state index is -0.764. The molecule has 5 nitrogen and oxygen atoms in total. The molecule has 0 aliphatic carbocycles. The molecule has 1 aromatic heterocycles. The highest BCUT2D eigenvalue weighted by Crippen LogP contribution is 2.31. The van der Waals surface area contributed by atoms with Crippen molar-refractivity contribution in [2.24, 2.45) is 0 Å². The number of hydrogen-bond acceptors (Lipinski definition) is 5. The highest BCUT2D eigenvalue weighted by Gasteiger charge is 2.37. The summed E-state index contributed by atoms with van der Waals surface area (Å²) in [5, 5.41) is 11.9. The van der Waals surface area contributed by atoms with E-state index in [9.17, 15) is 5.11 Å². The lowest BCUT2D eigenvalue weighted by Crippen LogP contribution is -2.32. The van der Waals surface area contributed by atoms with E-state index < -0.39 is 5.60 Å². The standard InChI is InChI=1S/C21H23N3O2.ClH/c1-16-22-19-10-6-5-9-18(19)20(23-16)26-14-13-24-12-11-21(25,15-24)17-7-3-2-4-8-17;/h2-10,25H,11-15H2,1H3;1H. The van der Waals surface area contributed by atoms with Gasteiger partial charge in [0.2, 0.25) is 5.88 Å². The van der Waals surface area contributed by atoms with Crippen molar-refractivity contribution in [1.82, 2.24) is 14.9 Å². The second kappa shape index (κ2) is 8.21. The van der Waals surface area contributed by atoms with Gasteiger partial charge in [0.05, 0.1) is 10.9 Å². The number of hydrogen-bond donors (Lipinski definition) is 1. The maximum absolute atomic E-state index is 10.9. The predicted octanol–water partition coefficient (Wildman–Crippen LogP) is 3.33. The third-order valence-electron chi connectivity index (χ3n) is 4.96. The molecule has 1 aliphatic rings. The molecule has 0 amide bonds. The first-order valence-electron chi connectivity index (χ1n) is 9.00. The van der Waals surface area contributed by atoms with Crippen LogP contribution in [0.15, 0.2) is 54.6 Å². The van der Waals surface area contributed by atoms with Crippen molar-refractivity contribution in [3.05, 3.63) is 66.0 Å². The Kier molecular flexibility index (Phi) is 5.95. The number of ether oxygens (including phenoxy) is 1. The zero-order valence-corrected chi connectivity index (χ0v) is 16.2. The van der Waals surface area contributed by atoms with E-state index in [0.29, 0.717) is 24.9 Å². The number of aromatic nitrogens is 2. The third-order valence-corrected chi connectivity index (χ3v) is 4.96. The van der Waals surface area contributed by atoms with Gasteiger partial charge in [-0.2, -0.15) is 4.98 Å². The van der Waals surface area contributed by atoms with Crippen molar-refractivity contribution in [2.75, 3.05) is 26.2 Å². The fourth-order valence-corrected chi connectivity index (χ4v) is 3.59. The van der Waals surface area contributed by atoms with Gasteiger partial charge in [-0.25, -0.2) is 4.98 Å². The predicted molar refractivity (Wildman–Crippen MR) is 108 cm³/mol. The Bertz CT molecular complexity index is 906. The molecule has 1 saturated heterocycles. The van der Waals surface area contributed by atoms with E-state index in [1.165, 1.54) is 0 Å². The number of para-hydroxylation sites is 1. The monoisotopic (exact) mass is 385 g/mol. The number of halogens is 1. The summed E-state index contributed by atoms with van der Waals surface area (Å²) in [5.74, 6) is 1.34. The van der Waals surface area contributed by atoms with E-state index >= 15 is 0 Å². The molecule has 1 atom stereocenters. The lowest BCUT2D eigenvalue weighted by Gasteiger charge is -2.24. The van der Waals surface area contributed by atoms with Gasteiger partial charge < -0.3 is 9.84 Å². The zero-order valence-electron chi connectivity index (χ0n) is 15.3. The number of likely N-dealkylation sites (tertiary alicyclic amines) is 1. The molecule has 0 bridgehead atoms. The normalized spacial score (nSPS) is 19.8. The van der Waals surface area contributed by atoms with Crippen LogP contribution in [0.4, 0.5) is 0 Å². The van der Waals surface area contributed by atoms with Gasteiger partial charge in [0.25, 0.3) is 0 Å². The Morgan fingerprint density at radius 2 is 1.81 bits per heavy atom. The highest BCUT2D eigenvalue weighted by atomic mass is 35.5. The van der Waals surface area contributed by atoms with E-state index in [0.717, 1.165) is 36.0 Å². The van der Waals surface area contributed by atoms with E-state index in [1.807, 2.05) is 61.5 Å². The van der Waals surface area contributed by atoms with E-state index in [-0.39, 0.29) is 12.4 Å². The van der Waals surface area contributed by atoms with Crippen molar-refractivity contribution in [1.29, 1.82) is 0 Å². The first kappa shape index (κ1) is 19.5. The number of rotatable bonds is 5. The minimum absolute atomic E-state index is 0. The SMILES string of the molecule is Cc1nc(OCCN2CCC(O)(c3ccccc3)C2)c2ccccc2n1.Cl. The molecule has 4 rings (SSSR count). The second-order valence-corrected chi connectivity index (χ2v) is 6.87. The average molecular weight is 386 g/mol. The number of β-amino-alcohol motifs (C(OH)–C–C–N with tert-alkyl or cyclic N) is 1. The molecule has 6 heteroatoms. The van der Waals surface area contributed by atoms with Crippen molar-refractivity contribution < 1.29 is 9.84 Å². The van der Waals surface area contributed by atoms with Crippen LogP contribution in [0, 0.1) is 6.92 Å². The molecule has 0 radical (unpaired) electrons. The molecule has 1 unspecified atom stereocenters. The molecule has 0 saturated carbocycles. The zero-order chi connectivity index (χ0) is 18.0. The van der Waals surface area contributed by atoms with Crippen LogP contribution < -0.4 is 4.74 Å².